The molecule has 0 aliphatic rings. The van der Waals surface area contributed by atoms with E-state index in [-0.39, 0.29) is 5.78 Å². The highest BCUT2D eigenvalue weighted by molar-refractivity contribution is 6.06. The Labute approximate surface area is 130 Å². The zero-order valence-corrected chi connectivity index (χ0v) is 12.8. The van der Waals surface area contributed by atoms with Gasteiger partial charge in [0.2, 0.25) is 5.78 Å². The Bertz CT molecular complexity index is 783. The van der Waals surface area contributed by atoms with E-state index in [1.165, 1.54) is 5.56 Å². The van der Waals surface area contributed by atoms with E-state index < -0.39 is 0 Å². The molecule has 3 heteroatoms. The van der Waals surface area contributed by atoms with Crippen LogP contribution in [0.1, 0.15) is 33.0 Å². The minimum atomic E-state index is -0.0345. The molecule has 0 bridgehead atoms. The van der Waals surface area contributed by atoms with Gasteiger partial charge in [-0.15, -0.1) is 0 Å². The van der Waals surface area contributed by atoms with Gasteiger partial charge in [-0.1, -0.05) is 30.3 Å². The van der Waals surface area contributed by atoms with Crippen LogP contribution in [0.5, 0.6) is 0 Å². The number of ketones is 1. The highest BCUT2D eigenvalue weighted by Crippen LogP contribution is 2.14. The third-order valence-corrected chi connectivity index (χ3v) is 3.59. The minimum Gasteiger partial charge on any atom is -0.340 e. The quantitative estimate of drug-likeness (QED) is 0.685. The Morgan fingerprint density at radius 2 is 1.82 bits per heavy atom. The molecule has 0 aliphatic heterocycles. The van der Waals surface area contributed by atoms with Crippen molar-refractivity contribution in [3.05, 3.63) is 89.0 Å². The molecule has 110 valence electrons. The molecule has 0 amide bonds. The van der Waals surface area contributed by atoms with Gasteiger partial charge in [0.15, 0.2) is 0 Å². The van der Waals surface area contributed by atoms with Crippen LogP contribution in [-0.4, -0.2) is 15.3 Å². The Kier molecular flexibility index (Phi) is 3.88. The molecule has 2 heterocycles. The number of aromatic nitrogens is 2. The average molecular weight is 290 g/mol. The maximum Gasteiger partial charge on any atom is 0.227 e. The topological polar surface area (TPSA) is 34.9 Å². The lowest BCUT2D eigenvalue weighted by Gasteiger charge is -2.09. The smallest absolute Gasteiger partial charge is 0.227 e. The summed E-state index contributed by atoms with van der Waals surface area (Å²) in [5.41, 5.74) is 4.26. The Balaban J connectivity index is 1.92. The third kappa shape index (κ3) is 2.98. The number of nitrogens with zero attached hydrogens (tertiary/aromatic N) is 2. The zero-order chi connectivity index (χ0) is 15.5. The van der Waals surface area contributed by atoms with E-state index in [4.69, 9.17) is 0 Å². The average Bonchev–Trinajstić information content (AvgIpc) is 2.94. The summed E-state index contributed by atoms with van der Waals surface area (Å²) < 4.78 is 1.97. The Morgan fingerprint density at radius 3 is 2.55 bits per heavy atom. The first-order valence-corrected chi connectivity index (χ1v) is 7.32. The van der Waals surface area contributed by atoms with Crippen molar-refractivity contribution in [2.75, 3.05) is 0 Å². The highest BCUT2D eigenvalue weighted by atomic mass is 16.1. The molecule has 22 heavy (non-hydrogen) atoms. The molecular weight excluding hydrogens is 272 g/mol. The van der Waals surface area contributed by atoms with Crippen LogP contribution in [0.15, 0.2) is 60.8 Å². The van der Waals surface area contributed by atoms with E-state index in [0.29, 0.717) is 17.9 Å². The number of hydrogen-bond donors (Lipinski definition) is 0. The van der Waals surface area contributed by atoms with E-state index >= 15 is 0 Å². The van der Waals surface area contributed by atoms with E-state index in [1.54, 1.807) is 0 Å². The lowest BCUT2D eigenvalue weighted by Crippen LogP contribution is -2.12. The van der Waals surface area contributed by atoms with Crippen LogP contribution in [0.4, 0.5) is 0 Å². The predicted octanol–water partition coefficient (Wildman–Crippen LogP) is 3.78. The number of hydrogen-bond acceptors (Lipinski definition) is 2. The number of carbonyl (C=O) groups excluding carboxylic acids is 1. The van der Waals surface area contributed by atoms with Crippen molar-refractivity contribution in [3.8, 4) is 0 Å². The second-order valence-corrected chi connectivity index (χ2v) is 5.51. The molecule has 0 saturated carbocycles. The van der Waals surface area contributed by atoms with Crippen molar-refractivity contribution in [1.82, 2.24) is 9.55 Å². The van der Waals surface area contributed by atoms with Crippen molar-refractivity contribution >= 4 is 5.78 Å². The van der Waals surface area contributed by atoms with Crippen LogP contribution in [0, 0.1) is 13.8 Å². The fourth-order valence-corrected chi connectivity index (χ4v) is 2.63. The van der Waals surface area contributed by atoms with E-state index in [2.05, 4.69) is 17.1 Å². The molecule has 3 nitrogen and oxygen atoms in total. The van der Waals surface area contributed by atoms with Gasteiger partial charge in [-0.05, 0) is 49.2 Å². The number of pyridine rings is 1. The number of rotatable bonds is 4. The van der Waals surface area contributed by atoms with E-state index in [9.17, 15) is 4.79 Å². The van der Waals surface area contributed by atoms with Crippen LogP contribution in [0.25, 0.3) is 0 Å². The largest absolute Gasteiger partial charge is 0.340 e. The summed E-state index contributed by atoms with van der Waals surface area (Å²) >= 11 is 0. The molecule has 1 aromatic carbocycles. The Morgan fingerprint density at radius 1 is 1.05 bits per heavy atom. The standard InChI is InChI=1S/C19H18N2O/c1-14-11-15(2)20-17(12-14)19(22)18-9-6-10-21(18)13-16-7-4-3-5-8-16/h3-12H,13H2,1-2H3. The van der Waals surface area contributed by atoms with Crippen molar-refractivity contribution in [2.45, 2.75) is 20.4 Å². The van der Waals surface area contributed by atoms with Gasteiger partial charge in [0.25, 0.3) is 0 Å². The van der Waals surface area contributed by atoms with Gasteiger partial charge in [0, 0.05) is 18.4 Å². The molecule has 0 aliphatic carbocycles. The molecule has 3 aromatic rings. The molecule has 0 saturated heterocycles. The summed E-state index contributed by atoms with van der Waals surface area (Å²) in [5, 5.41) is 0. The second-order valence-electron chi connectivity index (χ2n) is 5.51. The zero-order valence-electron chi connectivity index (χ0n) is 12.8. The van der Waals surface area contributed by atoms with Crippen LogP contribution < -0.4 is 0 Å². The van der Waals surface area contributed by atoms with Crippen LogP contribution in [0.3, 0.4) is 0 Å². The van der Waals surface area contributed by atoms with Crippen LogP contribution in [-0.2, 0) is 6.54 Å². The highest BCUT2D eigenvalue weighted by Gasteiger charge is 2.15. The molecular formula is C19H18N2O. The van der Waals surface area contributed by atoms with Gasteiger partial charge in [-0.3, -0.25) is 4.79 Å². The summed E-state index contributed by atoms with van der Waals surface area (Å²) in [6.45, 7) is 4.57. The molecule has 0 unspecified atom stereocenters. The normalized spacial score (nSPS) is 10.6. The fraction of sp³-hybridized carbons (Fsp3) is 0.158. The Hall–Kier alpha value is -2.68. The molecule has 3 rings (SSSR count). The summed E-state index contributed by atoms with van der Waals surface area (Å²) in [4.78, 5) is 17.1. The number of carbonyl (C=O) groups is 1. The monoisotopic (exact) mass is 290 g/mol. The molecule has 0 atom stereocenters. The van der Waals surface area contributed by atoms with Gasteiger partial charge in [-0.25, -0.2) is 4.98 Å². The SMILES string of the molecule is Cc1cc(C)nc(C(=O)c2cccn2Cc2ccccc2)c1. The third-order valence-electron chi connectivity index (χ3n) is 3.59. The molecule has 0 spiro atoms. The van der Waals surface area contributed by atoms with Crippen molar-refractivity contribution in [2.24, 2.45) is 0 Å². The van der Waals surface area contributed by atoms with Crippen LogP contribution >= 0.6 is 0 Å². The molecule has 0 radical (unpaired) electrons. The number of benzene rings is 1. The maximum absolute atomic E-state index is 12.7. The summed E-state index contributed by atoms with van der Waals surface area (Å²) in [5.74, 6) is -0.0345. The minimum absolute atomic E-state index is 0.0345. The first-order chi connectivity index (χ1) is 10.6. The fourth-order valence-electron chi connectivity index (χ4n) is 2.63. The van der Waals surface area contributed by atoms with E-state index in [1.807, 2.05) is 67.1 Å². The van der Waals surface area contributed by atoms with Gasteiger partial charge in [0.05, 0.1) is 5.69 Å². The van der Waals surface area contributed by atoms with Crippen molar-refractivity contribution in [1.29, 1.82) is 0 Å². The van der Waals surface area contributed by atoms with Gasteiger partial charge >= 0.3 is 0 Å². The van der Waals surface area contributed by atoms with Gasteiger partial charge < -0.3 is 4.57 Å². The van der Waals surface area contributed by atoms with Gasteiger partial charge in [-0.2, -0.15) is 0 Å². The first kappa shape index (κ1) is 14.3. The summed E-state index contributed by atoms with van der Waals surface area (Å²) in [6.07, 6.45) is 1.93. The van der Waals surface area contributed by atoms with Crippen molar-refractivity contribution in [3.63, 3.8) is 0 Å². The predicted molar refractivity (Wildman–Crippen MR) is 87.1 cm³/mol. The van der Waals surface area contributed by atoms with Crippen LogP contribution in [0.2, 0.25) is 0 Å². The summed E-state index contributed by atoms with van der Waals surface area (Å²) in [6, 6.07) is 17.7. The molecule has 0 fully saturated rings. The number of aryl methyl sites for hydroxylation is 2. The molecule has 0 N–H and O–H groups in total. The maximum atomic E-state index is 12.7. The van der Waals surface area contributed by atoms with E-state index in [0.717, 1.165) is 11.3 Å². The van der Waals surface area contributed by atoms with Gasteiger partial charge in [0.1, 0.15) is 5.69 Å². The second kappa shape index (κ2) is 5.98. The lowest BCUT2D eigenvalue weighted by atomic mass is 10.1. The summed E-state index contributed by atoms with van der Waals surface area (Å²) in [7, 11) is 0. The van der Waals surface area contributed by atoms with Crippen molar-refractivity contribution < 1.29 is 4.79 Å². The lowest BCUT2D eigenvalue weighted by molar-refractivity contribution is 0.102. The first-order valence-electron chi connectivity index (χ1n) is 7.32. The molecule has 2 aromatic heterocycles.